The highest BCUT2D eigenvalue weighted by Gasteiger charge is 2.28. The van der Waals surface area contributed by atoms with Crippen molar-refractivity contribution >= 4 is 40.6 Å². The summed E-state index contributed by atoms with van der Waals surface area (Å²) in [5.74, 6) is 0.247. The number of rotatable bonds is 3. The number of fused-ring (bicyclic) bond motifs is 1. The van der Waals surface area contributed by atoms with Crippen molar-refractivity contribution < 1.29 is 9.18 Å². The van der Waals surface area contributed by atoms with Crippen LogP contribution in [0.2, 0.25) is 5.02 Å². The molecule has 4 rings (SSSR count). The van der Waals surface area contributed by atoms with E-state index in [0.717, 1.165) is 12.8 Å². The first-order valence-corrected chi connectivity index (χ1v) is 11.1. The summed E-state index contributed by atoms with van der Waals surface area (Å²) in [5, 5.41) is 3.41. The Morgan fingerprint density at radius 2 is 2.00 bits per heavy atom. The Balaban J connectivity index is 1.69. The summed E-state index contributed by atoms with van der Waals surface area (Å²) in [7, 11) is 0. The van der Waals surface area contributed by atoms with Gasteiger partial charge in [0.2, 0.25) is 0 Å². The van der Waals surface area contributed by atoms with E-state index >= 15 is 0 Å². The van der Waals surface area contributed by atoms with Gasteiger partial charge in [-0.15, -0.1) is 0 Å². The molecule has 31 heavy (non-hydrogen) atoms. The fourth-order valence-electron chi connectivity index (χ4n) is 4.26. The van der Waals surface area contributed by atoms with Crippen LogP contribution < -0.4 is 10.9 Å². The third-order valence-electron chi connectivity index (χ3n) is 6.34. The van der Waals surface area contributed by atoms with Gasteiger partial charge in [-0.25, -0.2) is 4.39 Å². The average molecular weight is 460 g/mol. The Morgan fingerprint density at radius 3 is 2.74 bits per heavy atom. The molecular formula is C23H23ClFN3O2S. The van der Waals surface area contributed by atoms with Gasteiger partial charge in [0, 0.05) is 11.6 Å². The summed E-state index contributed by atoms with van der Waals surface area (Å²) in [6.45, 7) is 4.40. The summed E-state index contributed by atoms with van der Waals surface area (Å²) < 4.78 is 14.9. The van der Waals surface area contributed by atoms with Crippen molar-refractivity contribution in [3.8, 4) is 5.69 Å². The Hall–Kier alpha value is -2.51. The second-order valence-electron chi connectivity index (χ2n) is 8.28. The Labute approximate surface area is 189 Å². The molecule has 1 fully saturated rings. The van der Waals surface area contributed by atoms with E-state index in [0.29, 0.717) is 34.0 Å². The first-order valence-electron chi connectivity index (χ1n) is 10.3. The van der Waals surface area contributed by atoms with Crippen molar-refractivity contribution in [3.63, 3.8) is 0 Å². The number of aromatic nitrogens is 2. The molecule has 162 valence electrons. The van der Waals surface area contributed by atoms with Crippen molar-refractivity contribution in [2.45, 2.75) is 39.2 Å². The smallest absolute Gasteiger partial charge is 0.266 e. The second kappa shape index (κ2) is 8.55. The molecule has 0 saturated heterocycles. The zero-order chi connectivity index (χ0) is 22.3. The zero-order valence-electron chi connectivity index (χ0n) is 17.2. The van der Waals surface area contributed by atoms with Gasteiger partial charge in [-0.05, 0) is 66.9 Å². The number of halogens is 2. The first-order chi connectivity index (χ1) is 14.8. The maximum atomic E-state index is 13.5. The van der Waals surface area contributed by atoms with E-state index in [2.05, 4.69) is 24.1 Å². The van der Waals surface area contributed by atoms with Crippen molar-refractivity contribution in [1.82, 2.24) is 14.9 Å². The highest BCUT2D eigenvalue weighted by atomic mass is 35.5. The molecule has 1 amide bonds. The molecule has 0 bridgehead atoms. The van der Waals surface area contributed by atoms with E-state index in [4.69, 9.17) is 23.8 Å². The molecule has 1 aromatic heterocycles. The van der Waals surface area contributed by atoms with Crippen LogP contribution in [0.3, 0.4) is 0 Å². The standard InChI is InChI=1S/C23H23ClFN3O2S/c1-12-4-3-5-19(13(12)2)26-21(29)14-6-8-16-20(10-14)27-23(31)28(22(16)30)15-7-9-18(25)17(24)11-15/h6-13,19H,3-5H2,1-2H3,(H,26,29)(H,27,31)/t12-,13-,19+/m1/s1. The molecule has 1 saturated carbocycles. The highest BCUT2D eigenvalue weighted by molar-refractivity contribution is 7.71. The molecule has 0 spiro atoms. The predicted molar refractivity (Wildman–Crippen MR) is 123 cm³/mol. The molecule has 0 aliphatic heterocycles. The normalized spacial score (nSPS) is 21.2. The summed E-state index contributed by atoms with van der Waals surface area (Å²) in [6.07, 6.45) is 3.26. The molecule has 1 aliphatic rings. The quantitative estimate of drug-likeness (QED) is 0.515. The lowest BCUT2D eigenvalue weighted by Crippen LogP contribution is -2.43. The number of carbonyl (C=O) groups is 1. The van der Waals surface area contributed by atoms with Crippen LogP contribution in [0.15, 0.2) is 41.2 Å². The molecular weight excluding hydrogens is 437 g/mol. The SMILES string of the molecule is C[C@@H]1[C@H](C)CCC[C@@H]1NC(=O)c1ccc2c(=O)n(-c3ccc(F)c(Cl)c3)c(=S)[nH]c2c1. The number of amides is 1. The van der Waals surface area contributed by atoms with Crippen molar-refractivity contribution in [2.24, 2.45) is 11.8 Å². The fraction of sp³-hybridized carbons (Fsp3) is 0.348. The molecule has 8 heteroatoms. The van der Waals surface area contributed by atoms with Gasteiger partial charge < -0.3 is 10.3 Å². The molecule has 5 nitrogen and oxygen atoms in total. The molecule has 3 aromatic rings. The second-order valence-corrected chi connectivity index (χ2v) is 9.07. The highest BCUT2D eigenvalue weighted by Crippen LogP contribution is 2.29. The number of hydrogen-bond donors (Lipinski definition) is 2. The third kappa shape index (κ3) is 4.16. The number of H-pyrrole nitrogens is 1. The van der Waals surface area contributed by atoms with E-state index in [1.165, 1.54) is 29.2 Å². The van der Waals surface area contributed by atoms with Crippen LogP contribution in [0.4, 0.5) is 4.39 Å². The molecule has 0 unspecified atom stereocenters. The molecule has 2 aromatic carbocycles. The minimum absolute atomic E-state index is 0.0998. The summed E-state index contributed by atoms with van der Waals surface area (Å²) >= 11 is 11.2. The van der Waals surface area contributed by atoms with Crippen LogP contribution in [-0.2, 0) is 0 Å². The zero-order valence-corrected chi connectivity index (χ0v) is 18.8. The average Bonchev–Trinajstić information content (AvgIpc) is 2.73. The van der Waals surface area contributed by atoms with Crippen LogP contribution in [0.5, 0.6) is 0 Å². The van der Waals surface area contributed by atoms with Crippen LogP contribution in [0, 0.1) is 22.4 Å². The number of benzene rings is 2. The molecule has 0 radical (unpaired) electrons. The number of nitrogens with one attached hydrogen (secondary N) is 2. The topological polar surface area (TPSA) is 66.9 Å². The van der Waals surface area contributed by atoms with Crippen molar-refractivity contribution in [2.75, 3.05) is 0 Å². The maximum absolute atomic E-state index is 13.5. The maximum Gasteiger partial charge on any atom is 0.266 e. The van der Waals surface area contributed by atoms with Gasteiger partial charge in [0.05, 0.1) is 21.6 Å². The molecule has 3 atom stereocenters. The Bertz CT molecular complexity index is 1290. The molecule has 1 heterocycles. The Kier molecular flexibility index (Phi) is 5.99. The van der Waals surface area contributed by atoms with E-state index in [9.17, 15) is 14.0 Å². The van der Waals surface area contributed by atoms with Crippen LogP contribution in [0.25, 0.3) is 16.6 Å². The number of hydrogen-bond acceptors (Lipinski definition) is 3. The van der Waals surface area contributed by atoms with Gasteiger partial charge in [-0.1, -0.05) is 38.3 Å². The lowest BCUT2D eigenvalue weighted by Gasteiger charge is -2.34. The van der Waals surface area contributed by atoms with Gasteiger partial charge in [0.25, 0.3) is 11.5 Å². The van der Waals surface area contributed by atoms with Gasteiger partial charge in [0.1, 0.15) is 5.82 Å². The third-order valence-corrected chi connectivity index (χ3v) is 6.92. The fourth-order valence-corrected chi connectivity index (χ4v) is 4.73. The van der Waals surface area contributed by atoms with E-state index in [-0.39, 0.29) is 27.3 Å². The predicted octanol–water partition coefficient (Wildman–Crippen LogP) is 5.40. The minimum atomic E-state index is -0.577. The van der Waals surface area contributed by atoms with Gasteiger partial charge in [-0.2, -0.15) is 0 Å². The monoisotopic (exact) mass is 459 g/mol. The largest absolute Gasteiger partial charge is 0.349 e. The van der Waals surface area contributed by atoms with Gasteiger partial charge in [-0.3, -0.25) is 14.2 Å². The Morgan fingerprint density at radius 1 is 1.23 bits per heavy atom. The summed E-state index contributed by atoms with van der Waals surface area (Å²) in [5.41, 5.74) is 0.924. The van der Waals surface area contributed by atoms with Crippen LogP contribution >= 0.6 is 23.8 Å². The van der Waals surface area contributed by atoms with E-state index in [1.807, 2.05) is 0 Å². The van der Waals surface area contributed by atoms with Crippen molar-refractivity contribution in [3.05, 3.63) is 67.9 Å². The number of aromatic amines is 1. The minimum Gasteiger partial charge on any atom is -0.349 e. The van der Waals surface area contributed by atoms with Crippen LogP contribution in [0.1, 0.15) is 43.5 Å². The summed E-state index contributed by atoms with van der Waals surface area (Å²) in [4.78, 5) is 28.9. The molecule has 1 aliphatic carbocycles. The summed E-state index contributed by atoms with van der Waals surface area (Å²) in [6, 6.07) is 8.99. The van der Waals surface area contributed by atoms with Crippen molar-refractivity contribution in [1.29, 1.82) is 0 Å². The first kappa shape index (κ1) is 21.7. The molecule has 2 N–H and O–H groups in total. The van der Waals surface area contributed by atoms with E-state index in [1.54, 1.807) is 18.2 Å². The number of carbonyl (C=O) groups excluding carboxylic acids is 1. The van der Waals surface area contributed by atoms with Crippen LogP contribution in [-0.4, -0.2) is 21.5 Å². The lowest BCUT2D eigenvalue weighted by molar-refractivity contribution is 0.0891. The van der Waals surface area contributed by atoms with Gasteiger partial charge in [0.15, 0.2) is 4.77 Å². The number of nitrogens with zero attached hydrogens (tertiary/aromatic N) is 1. The lowest BCUT2D eigenvalue weighted by atomic mass is 9.78. The van der Waals surface area contributed by atoms with E-state index < -0.39 is 5.82 Å². The van der Waals surface area contributed by atoms with Gasteiger partial charge >= 0.3 is 0 Å².